The van der Waals surface area contributed by atoms with Crippen LogP contribution in [0.5, 0.6) is 0 Å². The molecule has 0 atom stereocenters. The van der Waals surface area contributed by atoms with Gasteiger partial charge in [-0.05, 0) is 23.8 Å². The van der Waals surface area contributed by atoms with Crippen LogP contribution in [-0.4, -0.2) is 9.55 Å². The molecule has 20 heavy (non-hydrogen) atoms. The van der Waals surface area contributed by atoms with Gasteiger partial charge in [-0.3, -0.25) is 0 Å². The molecule has 3 aromatic rings. The molecule has 1 heterocycles. The van der Waals surface area contributed by atoms with Gasteiger partial charge in [0, 0.05) is 6.54 Å². The number of para-hydroxylation sites is 2. The highest BCUT2D eigenvalue weighted by atomic mass is 19.4. The maximum Gasteiger partial charge on any atom is 0.416 e. The van der Waals surface area contributed by atoms with Crippen LogP contribution in [-0.2, 0) is 12.7 Å². The average Bonchev–Trinajstić information content (AvgIpc) is 2.82. The minimum Gasteiger partial charge on any atom is -0.326 e. The molecule has 0 saturated heterocycles. The van der Waals surface area contributed by atoms with E-state index in [2.05, 4.69) is 4.98 Å². The molecule has 2 nitrogen and oxygen atoms in total. The van der Waals surface area contributed by atoms with Gasteiger partial charge in [-0.1, -0.05) is 30.3 Å². The van der Waals surface area contributed by atoms with E-state index in [-0.39, 0.29) is 12.1 Å². The van der Waals surface area contributed by atoms with Crippen LogP contribution in [0.3, 0.4) is 0 Å². The first-order chi connectivity index (χ1) is 9.55. The number of rotatable bonds is 2. The number of hydrogen-bond acceptors (Lipinski definition) is 1. The molecule has 0 amide bonds. The molecule has 2 aromatic carbocycles. The molecule has 1 aromatic heterocycles. The zero-order valence-electron chi connectivity index (χ0n) is 10.4. The van der Waals surface area contributed by atoms with E-state index in [4.69, 9.17) is 0 Å². The first-order valence-electron chi connectivity index (χ1n) is 6.11. The number of hydrogen-bond donors (Lipinski definition) is 0. The summed E-state index contributed by atoms with van der Waals surface area (Å²) in [6, 6.07) is 13.0. The SMILES string of the molecule is FC(F)(F)c1ccccc1Cn1cnc2ccccc21. The molecule has 0 saturated carbocycles. The predicted octanol–water partition coefficient (Wildman–Crippen LogP) is 4.10. The van der Waals surface area contributed by atoms with Crippen molar-refractivity contribution in [1.82, 2.24) is 9.55 Å². The molecule has 3 rings (SSSR count). The smallest absolute Gasteiger partial charge is 0.326 e. The molecular weight excluding hydrogens is 265 g/mol. The first kappa shape index (κ1) is 12.7. The summed E-state index contributed by atoms with van der Waals surface area (Å²) in [5.41, 5.74) is 1.24. The molecule has 0 spiro atoms. The Morgan fingerprint density at radius 2 is 1.65 bits per heavy atom. The molecular formula is C15H11F3N2. The van der Waals surface area contributed by atoms with Crippen LogP contribution in [0.2, 0.25) is 0 Å². The standard InChI is InChI=1S/C15H11F3N2/c16-15(17,18)12-6-2-1-5-11(12)9-20-10-19-13-7-3-4-8-14(13)20/h1-8,10H,9H2. The zero-order valence-corrected chi connectivity index (χ0v) is 10.4. The Kier molecular flexibility index (Phi) is 2.97. The molecule has 0 aliphatic heterocycles. The minimum atomic E-state index is -4.34. The molecule has 0 aliphatic rings. The summed E-state index contributed by atoms with van der Waals surface area (Å²) in [4.78, 5) is 4.19. The van der Waals surface area contributed by atoms with E-state index in [1.165, 1.54) is 12.1 Å². The highest BCUT2D eigenvalue weighted by Gasteiger charge is 2.32. The van der Waals surface area contributed by atoms with E-state index in [1.807, 2.05) is 24.3 Å². The topological polar surface area (TPSA) is 17.8 Å². The lowest BCUT2D eigenvalue weighted by molar-refractivity contribution is -0.138. The molecule has 0 bridgehead atoms. The van der Waals surface area contributed by atoms with Gasteiger partial charge >= 0.3 is 6.18 Å². The number of aromatic nitrogens is 2. The third-order valence-electron chi connectivity index (χ3n) is 3.19. The lowest BCUT2D eigenvalue weighted by Gasteiger charge is -2.13. The molecule has 0 unspecified atom stereocenters. The van der Waals surface area contributed by atoms with Crippen LogP contribution in [0.25, 0.3) is 11.0 Å². The van der Waals surface area contributed by atoms with E-state index in [0.717, 1.165) is 17.1 Å². The summed E-state index contributed by atoms with van der Waals surface area (Å²) in [6.07, 6.45) is -2.77. The highest BCUT2D eigenvalue weighted by molar-refractivity contribution is 5.75. The van der Waals surface area contributed by atoms with Crippen molar-refractivity contribution in [2.45, 2.75) is 12.7 Å². The number of benzene rings is 2. The summed E-state index contributed by atoms with van der Waals surface area (Å²) < 4.78 is 40.6. The van der Waals surface area contributed by atoms with Crippen molar-refractivity contribution < 1.29 is 13.2 Å². The summed E-state index contributed by atoms with van der Waals surface area (Å²) in [5, 5.41) is 0. The number of alkyl halides is 3. The van der Waals surface area contributed by atoms with Crippen molar-refractivity contribution in [3.63, 3.8) is 0 Å². The Balaban J connectivity index is 2.04. The number of halogens is 3. The lowest BCUT2D eigenvalue weighted by Crippen LogP contribution is -2.11. The van der Waals surface area contributed by atoms with Crippen LogP contribution in [0.1, 0.15) is 11.1 Å². The summed E-state index contributed by atoms with van der Waals surface area (Å²) in [7, 11) is 0. The lowest BCUT2D eigenvalue weighted by atomic mass is 10.1. The van der Waals surface area contributed by atoms with E-state index in [9.17, 15) is 13.2 Å². The highest BCUT2D eigenvalue weighted by Crippen LogP contribution is 2.32. The molecule has 5 heteroatoms. The Morgan fingerprint density at radius 1 is 0.950 bits per heavy atom. The van der Waals surface area contributed by atoms with Crippen molar-refractivity contribution in [2.75, 3.05) is 0 Å². The number of nitrogens with zero attached hydrogens (tertiary/aromatic N) is 2. The maximum atomic E-state index is 13.0. The van der Waals surface area contributed by atoms with E-state index in [1.54, 1.807) is 17.0 Å². The van der Waals surface area contributed by atoms with Gasteiger partial charge < -0.3 is 4.57 Å². The van der Waals surface area contributed by atoms with Crippen molar-refractivity contribution in [3.05, 3.63) is 66.0 Å². The number of fused-ring (bicyclic) bond motifs is 1. The van der Waals surface area contributed by atoms with E-state index < -0.39 is 11.7 Å². The fourth-order valence-electron chi connectivity index (χ4n) is 2.25. The fraction of sp³-hybridized carbons (Fsp3) is 0.133. The summed E-state index contributed by atoms with van der Waals surface area (Å²) >= 11 is 0. The van der Waals surface area contributed by atoms with Crippen LogP contribution in [0, 0.1) is 0 Å². The van der Waals surface area contributed by atoms with Gasteiger partial charge in [-0.25, -0.2) is 4.98 Å². The van der Waals surface area contributed by atoms with Gasteiger partial charge in [0.05, 0.1) is 22.9 Å². The second-order valence-electron chi connectivity index (χ2n) is 4.52. The van der Waals surface area contributed by atoms with Crippen molar-refractivity contribution in [3.8, 4) is 0 Å². The van der Waals surface area contributed by atoms with Crippen molar-refractivity contribution in [2.24, 2.45) is 0 Å². The minimum absolute atomic E-state index is 0.149. The largest absolute Gasteiger partial charge is 0.416 e. The summed E-state index contributed by atoms with van der Waals surface area (Å²) in [5.74, 6) is 0. The van der Waals surface area contributed by atoms with Crippen LogP contribution < -0.4 is 0 Å². The summed E-state index contributed by atoms with van der Waals surface area (Å²) in [6.45, 7) is 0.149. The maximum absolute atomic E-state index is 13.0. The van der Waals surface area contributed by atoms with Crippen LogP contribution >= 0.6 is 0 Å². The van der Waals surface area contributed by atoms with Gasteiger partial charge in [0.15, 0.2) is 0 Å². The average molecular weight is 276 g/mol. The molecule has 0 aliphatic carbocycles. The quantitative estimate of drug-likeness (QED) is 0.689. The Morgan fingerprint density at radius 3 is 2.45 bits per heavy atom. The number of imidazole rings is 1. The second kappa shape index (κ2) is 4.67. The molecule has 102 valence electrons. The third-order valence-corrected chi connectivity index (χ3v) is 3.19. The zero-order chi connectivity index (χ0) is 14.2. The van der Waals surface area contributed by atoms with Gasteiger partial charge in [-0.15, -0.1) is 0 Å². The predicted molar refractivity (Wildman–Crippen MR) is 70.3 cm³/mol. The second-order valence-corrected chi connectivity index (χ2v) is 4.52. The molecule has 0 fully saturated rings. The fourth-order valence-corrected chi connectivity index (χ4v) is 2.25. The molecule has 0 N–H and O–H groups in total. The van der Waals surface area contributed by atoms with Gasteiger partial charge in [0.2, 0.25) is 0 Å². The van der Waals surface area contributed by atoms with E-state index >= 15 is 0 Å². The Labute approximate surface area is 113 Å². The normalized spacial score (nSPS) is 11.9. The van der Waals surface area contributed by atoms with E-state index in [0.29, 0.717) is 0 Å². The first-order valence-corrected chi connectivity index (χ1v) is 6.11. The van der Waals surface area contributed by atoms with Gasteiger partial charge in [-0.2, -0.15) is 13.2 Å². The Bertz CT molecular complexity index is 744. The van der Waals surface area contributed by atoms with Crippen LogP contribution in [0.4, 0.5) is 13.2 Å². The Hall–Kier alpha value is -2.30. The third kappa shape index (κ3) is 2.27. The van der Waals surface area contributed by atoms with Gasteiger partial charge in [0.1, 0.15) is 0 Å². The van der Waals surface area contributed by atoms with Crippen LogP contribution in [0.15, 0.2) is 54.9 Å². The van der Waals surface area contributed by atoms with Crippen molar-refractivity contribution in [1.29, 1.82) is 0 Å². The van der Waals surface area contributed by atoms with Crippen molar-refractivity contribution >= 4 is 11.0 Å². The van der Waals surface area contributed by atoms with Gasteiger partial charge in [0.25, 0.3) is 0 Å². The monoisotopic (exact) mass is 276 g/mol. The molecule has 0 radical (unpaired) electrons.